The first-order chi connectivity index (χ1) is 12.2. The predicted molar refractivity (Wildman–Crippen MR) is 102 cm³/mol. The molecule has 25 heavy (non-hydrogen) atoms. The van der Waals surface area contributed by atoms with Crippen LogP contribution in [0.15, 0.2) is 28.3 Å². The highest BCUT2D eigenvalue weighted by molar-refractivity contribution is 6.38. The van der Waals surface area contributed by atoms with E-state index < -0.39 is 0 Å². The zero-order valence-electron chi connectivity index (χ0n) is 15.0. The molecule has 1 aromatic carbocycles. The molecule has 0 bridgehead atoms. The second kappa shape index (κ2) is 8.28. The summed E-state index contributed by atoms with van der Waals surface area (Å²) in [5, 5.41) is 3.91. The minimum atomic E-state index is 0.134. The average molecular weight is 338 g/mol. The van der Waals surface area contributed by atoms with Crippen molar-refractivity contribution < 1.29 is 4.74 Å². The van der Waals surface area contributed by atoms with E-state index in [1.54, 1.807) is 6.21 Å². The van der Waals surface area contributed by atoms with Gasteiger partial charge in [-0.1, -0.05) is 17.9 Å². The van der Waals surface area contributed by atoms with Gasteiger partial charge in [0.05, 0.1) is 19.3 Å². The Kier molecular flexibility index (Phi) is 5.85. The number of rotatable bonds is 4. The fourth-order valence-corrected chi connectivity index (χ4v) is 2.85. The maximum Gasteiger partial charge on any atom is 0.108 e. The van der Waals surface area contributed by atoms with Crippen LogP contribution in [0.4, 0.5) is 0 Å². The lowest BCUT2D eigenvalue weighted by Crippen LogP contribution is -2.41. The number of aryl methyl sites for hydroxylation is 1. The molecule has 1 aromatic rings. The molecule has 5 nitrogen and oxygen atoms in total. The zero-order chi connectivity index (χ0) is 17.6. The van der Waals surface area contributed by atoms with Crippen LogP contribution in [-0.2, 0) is 4.74 Å². The number of aliphatic imine (C=N–C) groups is 1. The van der Waals surface area contributed by atoms with Crippen LogP contribution in [-0.4, -0.2) is 56.2 Å². The second-order valence-corrected chi connectivity index (χ2v) is 6.84. The average Bonchev–Trinajstić information content (AvgIpc) is 3.42. The topological polar surface area (TPSA) is 63.2 Å². The molecule has 2 fully saturated rings. The molecule has 0 radical (unpaired) electrons. The maximum absolute atomic E-state index is 5.72. The summed E-state index contributed by atoms with van der Waals surface area (Å²) >= 11 is 0. The van der Waals surface area contributed by atoms with Crippen molar-refractivity contribution in [3.05, 3.63) is 34.9 Å². The van der Waals surface area contributed by atoms with Crippen molar-refractivity contribution in [2.24, 2.45) is 21.9 Å². The summed E-state index contributed by atoms with van der Waals surface area (Å²) in [5.74, 6) is 12.7. The van der Waals surface area contributed by atoms with Crippen molar-refractivity contribution in [2.45, 2.75) is 25.9 Å². The minimum absolute atomic E-state index is 0.134. The van der Waals surface area contributed by atoms with E-state index in [1.807, 2.05) is 12.1 Å². The summed E-state index contributed by atoms with van der Waals surface area (Å²) in [4.78, 5) is 6.75. The molecule has 0 spiro atoms. The van der Waals surface area contributed by atoms with Crippen LogP contribution < -0.4 is 5.84 Å². The molecule has 3 rings (SSSR count). The first-order valence-corrected chi connectivity index (χ1v) is 8.86. The van der Waals surface area contributed by atoms with Gasteiger partial charge in [0.15, 0.2) is 0 Å². The number of nitrogens with two attached hydrogens (primary N) is 1. The Morgan fingerprint density at radius 1 is 1.44 bits per heavy atom. The van der Waals surface area contributed by atoms with Crippen molar-refractivity contribution in [3.63, 3.8) is 0 Å². The molecule has 132 valence electrons. The smallest absolute Gasteiger partial charge is 0.108 e. The van der Waals surface area contributed by atoms with Crippen molar-refractivity contribution in [3.8, 4) is 11.8 Å². The van der Waals surface area contributed by atoms with Gasteiger partial charge in [-0.25, -0.2) is 0 Å². The number of morpholine rings is 1. The fraction of sp³-hybridized carbons (Fsp3) is 0.500. The largest absolute Gasteiger partial charge is 0.374 e. The number of likely N-dealkylation sites (N-methyl/N-ethyl adjacent to an activating group) is 1. The van der Waals surface area contributed by atoms with Crippen LogP contribution >= 0.6 is 0 Å². The lowest BCUT2D eigenvalue weighted by atomic mass is 10.0. The molecule has 1 aliphatic carbocycles. The summed E-state index contributed by atoms with van der Waals surface area (Å²) in [6, 6.07) is 6.13. The number of nitrogens with zero attached hydrogens (tertiary/aromatic N) is 3. The Hall–Kier alpha value is -2.16. The summed E-state index contributed by atoms with van der Waals surface area (Å²) in [7, 11) is 2.10. The van der Waals surface area contributed by atoms with E-state index in [2.05, 4.69) is 46.9 Å². The van der Waals surface area contributed by atoms with Gasteiger partial charge in [-0.2, -0.15) is 5.10 Å². The Morgan fingerprint density at radius 2 is 2.28 bits per heavy atom. The lowest BCUT2D eigenvalue weighted by molar-refractivity contribution is -0.0135. The fourth-order valence-electron chi connectivity index (χ4n) is 2.85. The predicted octanol–water partition coefficient (Wildman–Crippen LogP) is 1.82. The quantitative estimate of drug-likeness (QED) is 0.394. The molecular formula is C20H26N4O. The van der Waals surface area contributed by atoms with E-state index in [1.165, 1.54) is 12.8 Å². The molecule has 1 atom stereocenters. The summed E-state index contributed by atoms with van der Waals surface area (Å²) < 4.78 is 5.72. The highest BCUT2D eigenvalue weighted by atomic mass is 16.5. The van der Waals surface area contributed by atoms with Gasteiger partial charge >= 0.3 is 0 Å². The maximum atomic E-state index is 5.72. The number of hydrazone groups is 1. The molecule has 1 saturated heterocycles. The molecule has 2 aliphatic rings. The van der Waals surface area contributed by atoms with Crippen molar-refractivity contribution in [1.82, 2.24) is 4.90 Å². The molecule has 0 aromatic heterocycles. The van der Waals surface area contributed by atoms with Crippen LogP contribution in [0, 0.1) is 24.7 Å². The second-order valence-electron chi connectivity index (χ2n) is 6.84. The van der Waals surface area contributed by atoms with Crippen LogP contribution in [0.2, 0.25) is 0 Å². The van der Waals surface area contributed by atoms with Crippen molar-refractivity contribution in [2.75, 3.05) is 33.3 Å². The monoisotopic (exact) mass is 338 g/mol. The summed E-state index contributed by atoms with van der Waals surface area (Å²) in [6.45, 7) is 5.31. The molecule has 2 N–H and O–H groups in total. The van der Waals surface area contributed by atoms with E-state index in [-0.39, 0.29) is 6.10 Å². The summed E-state index contributed by atoms with van der Waals surface area (Å²) in [5.41, 5.74) is 3.82. The first-order valence-electron chi connectivity index (χ1n) is 8.86. The van der Waals surface area contributed by atoms with Gasteiger partial charge in [0, 0.05) is 36.3 Å². The Balaban J connectivity index is 1.64. The Bertz CT molecular complexity index is 725. The highest BCUT2D eigenvalue weighted by Gasteiger charge is 2.18. The van der Waals surface area contributed by atoms with Crippen molar-refractivity contribution >= 4 is 11.9 Å². The van der Waals surface area contributed by atoms with Crippen LogP contribution in [0.3, 0.4) is 0 Å². The molecule has 1 aliphatic heterocycles. The number of ether oxygens (including phenoxy) is 1. The zero-order valence-corrected chi connectivity index (χ0v) is 15.0. The third-order valence-corrected chi connectivity index (χ3v) is 4.50. The van der Waals surface area contributed by atoms with Crippen LogP contribution in [0.5, 0.6) is 0 Å². The van der Waals surface area contributed by atoms with Crippen molar-refractivity contribution in [1.29, 1.82) is 0 Å². The third-order valence-electron chi connectivity index (χ3n) is 4.50. The lowest BCUT2D eigenvalue weighted by Gasteiger charge is -2.28. The van der Waals surface area contributed by atoms with Gasteiger partial charge in [-0.3, -0.25) is 4.99 Å². The minimum Gasteiger partial charge on any atom is -0.374 e. The van der Waals surface area contributed by atoms with Gasteiger partial charge in [-0.15, -0.1) is 0 Å². The van der Waals surface area contributed by atoms with Crippen LogP contribution in [0.25, 0.3) is 0 Å². The van der Waals surface area contributed by atoms with Gasteiger partial charge in [0.1, 0.15) is 5.71 Å². The van der Waals surface area contributed by atoms with Crippen LogP contribution in [0.1, 0.15) is 29.5 Å². The Labute approximate surface area is 150 Å². The molecule has 1 saturated carbocycles. The first kappa shape index (κ1) is 17.7. The molecular weight excluding hydrogens is 312 g/mol. The number of benzene rings is 1. The van der Waals surface area contributed by atoms with E-state index in [4.69, 9.17) is 10.6 Å². The van der Waals surface area contributed by atoms with Gasteiger partial charge in [0.2, 0.25) is 0 Å². The van der Waals surface area contributed by atoms with Gasteiger partial charge in [0.25, 0.3) is 0 Å². The van der Waals surface area contributed by atoms with E-state index in [0.717, 1.165) is 36.4 Å². The molecule has 0 amide bonds. The van der Waals surface area contributed by atoms with E-state index >= 15 is 0 Å². The molecule has 1 unspecified atom stereocenters. The normalized spacial score (nSPS) is 22.0. The number of hydrogen-bond acceptors (Lipinski definition) is 5. The standard InChI is InChI=1S/C20H26N4O/c1-15-11-17(6-5-16-3-4-16)7-8-19(15)20(23-21)13-22-12-18-14-24(2)9-10-25-18/h7-8,11,13,16,18H,3-4,9-10,12,14,21H2,1-2H3/b22-13?,23-20+. The summed E-state index contributed by atoms with van der Waals surface area (Å²) in [6.07, 6.45) is 4.36. The van der Waals surface area contributed by atoms with E-state index in [0.29, 0.717) is 18.2 Å². The highest BCUT2D eigenvalue weighted by Crippen LogP contribution is 2.27. The van der Waals surface area contributed by atoms with E-state index in [9.17, 15) is 0 Å². The number of hydrogen-bond donors (Lipinski definition) is 1. The molecule has 1 heterocycles. The Morgan fingerprint density at radius 3 is 2.96 bits per heavy atom. The SMILES string of the molecule is Cc1cc(C#CC2CC2)ccc1/C(C=NCC1CN(C)CCO1)=N/N. The van der Waals surface area contributed by atoms with Gasteiger partial charge in [-0.05, 0) is 44.5 Å². The third kappa shape index (κ3) is 5.15. The van der Waals surface area contributed by atoms with Gasteiger partial charge < -0.3 is 15.5 Å². The molecule has 5 heteroatoms.